The third kappa shape index (κ3) is 2.21. The Labute approximate surface area is 87.7 Å². The van der Waals surface area contributed by atoms with Crippen LogP contribution in [0.2, 0.25) is 0 Å². The van der Waals surface area contributed by atoms with Crippen LogP contribution >= 0.6 is 0 Å². The minimum absolute atomic E-state index is 0.0526. The van der Waals surface area contributed by atoms with Crippen LogP contribution in [0.15, 0.2) is 18.2 Å². The van der Waals surface area contributed by atoms with E-state index in [1.54, 1.807) is 6.07 Å². The number of hydrogen-bond donors (Lipinski definition) is 2. The lowest BCUT2D eigenvalue weighted by Gasteiger charge is -2.24. The van der Waals surface area contributed by atoms with Crippen LogP contribution in [0.25, 0.3) is 0 Å². The number of anilines is 1. The van der Waals surface area contributed by atoms with E-state index in [9.17, 15) is 4.79 Å². The number of ether oxygens (including phenoxy) is 1. The van der Waals surface area contributed by atoms with Crippen LogP contribution in [-0.4, -0.2) is 17.7 Å². The van der Waals surface area contributed by atoms with Gasteiger partial charge in [-0.3, -0.25) is 4.79 Å². The Morgan fingerprint density at radius 3 is 3.13 bits per heavy atom. The number of carboxylic acid groups (broad SMARTS) is 1. The van der Waals surface area contributed by atoms with Crippen molar-refractivity contribution in [3.63, 3.8) is 0 Å². The van der Waals surface area contributed by atoms with Crippen molar-refractivity contribution in [3.05, 3.63) is 23.8 Å². The van der Waals surface area contributed by atoms with Gasteiger partial charge in [0.1, 0.15) is 5.75 Å². The summed E-state index contributed by atoms with van der Waals surface area (Å²) >= 11 is 0. The van der Waals surface area contributed by atoms with E-state index in [0.29, 0.717) is 12.3 Å². The monoisotopic (exact) mass is 207 g/mol. The van der Waals surface area contributed by atoms with E-state index in [1.165, 1.54) is 0 Å². The fourth-order valence-electron chi connectivity index (χ4n) is 1.86. The van der Waals surface area contributed by atoms with E-state index < -0.39 is 5.97 Å². The average Bonchev–Trinajstić information content (AvgIpc) is 2.16. The smallest absolute Gasteiger partial charge is 0.303 e. The van der Waals surface area contributed by atoms with Crippen molar-refractivity contribution in [1.82, 2.24) is 0 Å². The molecule has 0 unspecified atom stereocenters. The van der Waals surface area contributed by atoms with Gasteiger partial charge in [0.2, 0.25) is 0 Å². The van der Waals surface area contributed by atoms with Crippen LogP contribution < -0.4 is 10.5 Å². The SMILES string of the molecule is Nc1ccc2c(c1)C[C@@H](CC(=O)O)CO2. The highest BCUT2D eigenvalue weighted by atomic mass is 16.5. The van der Waals surface area contributed by atoms with Crippen molar-refractivity contribution >= 4 is 11.7 Å². The van der Waals surface area contributed by atoms with Crippen molar-refractivity contribution in [2.75, 3.05) is 12.3 Å². The number of carboxylic acids is 1. The molecule has 80 valence electrons. The summed E-state index contributed by atoms with van der Waals surface area (Å²) in [4.78, 5) is 10.6. The normalized spacial score (nSPS) is 19.1. The van der Waals surface area contributed by atoms with E-state index in [-0.39, 0.29) is 12.3 Å². The number of aliphatic carboxylic acids is 1. The number of carbonyl (C=O) groups is 1. The first-order valence-electron chi connectivity index (χ1n) is 4.88. The third-order valence-corrected chi connectivity index (χ3v) is 2.53. The number of nitrogens with two attached hydrogens (primary N) is 1. The van der Waals surface area contributed by atoms with Crippen LogP contribution in [0, 0.1) is 5.92 Å². The predicted molar refractivity (Wildman–Crippen MR) is 55.8 cm³/mol. The van der Waals surface area contributed by atoms with Crippen LogP contribution in [0.1, 0.15) is 12.0 Å². The van der Waals surface area contributed by atoms with Crippen LogP contribution in [0.3, 0.4) is 0 Å². The molecule has 0 spiro atoms. The molecule has 1 aromatic carbocycles. The first-order valence-corrected chi connectivity index (χ1v) is 4.88. The maximum Gasteiger partial charge on any atom is 0.303 e. The van der Waals surface area contributed by atoms with Gasteiger partial charge in [-0.25, -0.2) is 0 Å². The Morgan fingerprint density at radius 2 is 2.40 bits per heavy atom. The molecule has 15 heavy (non-hydrogen) atoms. The summed E-state index contributed by atoms with van der Waals surface area (Å²) in [6, 6.07) is 5.47. The summed E-state index contributed by atoms with van der Waals surface area (Å²) in [5.41, 5.74) is 7.35. The summed E-state index contributed by atoms with van der Waals surface area (Å²) in [7, 11) is 0. The van der Waals surface area contributed by atoms with Gasteiger partial charge in [-0.2, -0.15) is 0 Å². The van der Waals surface area contributed by atoms with Crippen molar-refractivity contribution in [1.29, 1.82) is 0 Å². The Morgan fingerprint density at radius 1 is 1.60 bits per heavy atom. The fourth-order valence-corrected chi connectivity index (χ4v) is 1.86. The van der Waals surface area contributed by atoms with Gasteiger partial charge in [0.15, 0.2) is 0 Å². The molecule has 4 nitrogen and oxygen atoms in total. The van der Waals surface area contributed by atoms with Gasteiger partial charge in [-0.15, -0.1) is 0 Å². The summed E-state index contributed by atoms with van der Waals surface area (Å²) in [5, 5.41) is 8.69. The van der Waals surface area contributed by atoms with Crippen molar-refractivity contribution in [2.45, 2.75) is 12.8 Å². The number of rotatable bonds is 2. The van der Waals surface area contributed by atoms with Gasteiger partial charge in [-0.05, 0) is 30.2 Å². The molecule has 0 bridgehead atoms. The zero-order valence-corrected chi connectivity index (χ0v) is 8.27. The maximum absolute atomic E-state index is 10.6. The molecule has 0 aromatic heterocycles. The highest BCUT2D eigenvalue weighted by molar-refractivity contribution is 5.67. The molecule has 1 heterocycles. The minimum atomic E-state index is -0.782. The van der Waals surface area contributed by atoms with Gasteiger partial charge in [-0.1, -0.05) is 0 Å². The molecule has 1 aliphatic rings. The van der Waals surface area contributed by atoms with E-state index in [1.807, 2.05) is 12.1 Å². The second-order valence-electron chi connectivity index (χ2n) is 3.85. The van der Waals surface area contributed by atoms with E-state index in [0.717, 1.165) is 17.7 Å². The lowest BCUT2D eigenvalue weighted by molar-refractivity contribution is -0.138. The zero-order chi connectivity index (χ0) is 10.8. The van der Waals surface area contributed by atoms with Gasteiger partial charge < -0.3 is 15.6 Å². The highest BCUT2D eigenvalue weighted by Gasteiger charge is 2.21. The molecular weight excluding hydrogens is 194 g/mol. The van der Waals surface area contributed by atoms with Crippen molar-refractivity contribution < 1.29 is 14.6 Å². The molecule has 0 radical (unpaired) electrons. The lowest BCUT2D eigenvalue weighted by Crippen LogP contribution is -2.23. The molecule has 0 amide bonds. The molecule has 0 saturated carbocycles. The van der Waals surface area contributed by atoms with Crippen molar-refractivity contribution in [2.24, 2.45) is 5.92 Å². The third-order valence-electron chi connectivity index (χ3n) is 2.53. The summed E-state index contributed by atoms with van der Waals surface area (Å²) in [6.07, 6.45) is 0.876. The second kappa shape index (κ2) is 3.81. The number of hydrogen-bond acceptors (Lipinski definition) is 3. The van der Waals surface area contributed by atoms with Gasteiger partial charge in [0.05, 0.1) is 13.0 Å². The van der Waals surface area contributed by atoms with Gasteiger partial charge >= 0.3 is 5.97 Å². The lowest BCUT2D eigenvalue weighted by atomic mass is 9.94. The highest BCUT2D eigenvalue weighted by Crippen LogP contribution is 2.30. The fraction of sp³-hybridized carbons (Fsp3) is 0.364. The second-order valence-corrected chi connectivity index (χ2v) is 3.85. The molecule has 1 aliphatic heterocycles. The molecule has 0 saturated heterocycles. The van der Waals surface area contributed by atoms with E-state index in [4.69, 9.17) is 15.6 Å². The first-order chi connectivity index (χ1) is 7.15. The number of nitrogen functional groups attached to an aromatic ring is 1. The van der Waals surface area contributed by atoms with Crippen LogP contribution in [0.4, 0.5) is 5.69 Å². The molecule has 1 atom stereocenters. The number of benzene rings is 1. The summed E-state index contributed by atoms with van der Waals surface area (Å²) in [6.45, 7) is 0.475. The zero-order valence-electron chi connectivity index (χ0n) is 8.27. The Bertz CT molecular complexity index is 389. The summed E-state index contributed by atoms with van der Waals surface area (Å²) < 4.78 is 5.47. The molecule has 4 heteroatoms. The number of fused-ring (bicyclic) bond motifs is 1. The maximum atomic E-state index is 10.6. The quantitative estimate of drug-likeness (QED) is 0.717. The van der Waals surface area contributed by atoms with Crippen LogP contribution in [-0.2, 0) is 11.2 Å². The standard InChI is InChI=1S/C11H13NO3/c12-9-1-2-10-8(5-9)3-7(6-15-10)4-11(13)14/h1-2,5,7H,3-4,6,12H2,(H,13,14)/t7-/m0/s1. The Balaban J connectivity index is 2.14. The first kappa shape index (κ1) is 9.83. The van der Waals surface area contributed by atoms with Gasteiger partial charge in [0, 0.05) is 11.6 Å². The van der Waals surface area contributed by atoms with Crippen molar-refractivity contribution in [3.8, 4) is 5.75 Å². The molecule has 2 rings (SSSR count). The predicted octanol–water partition coefficient (Wildman–Crippen LogP) is 1.29. The Hall–Kier alpha value is -1.71. The minimum Gasteiger partial charge on any atom is -0.493 e. The van der Waals surface area contributed by atoms with Gasteiger partial charge in [0.25, 0.3) is 0 Å². The molecule has 0 fully saturated rings. The topological polar surface area (TPSA) is 72.6 Å². The van der Waals surface area contributed by atoms with E-state index in [2.05, 4.69) is 0 Å². The van der Waals surface area contributed by atoms with Crippen LogP contribution in [0.5, 0.6) is 5.75 Å². The molecular formula is C11H13NO3. The molecule has 1 aromatic rings. The molecule has 0 aliphatic carbocycles. The Kier molecular flexibility index (Phi) is 2.49. The van der Waals surface area contributed by atoms with E-state index >= 15 is 0 Å². The average molecular weight is 207 g/mol. The largest absolute Gasteiger partial charge is 0.493 e. The summed E-state index contributed by atoms with van der Waals surface area (Å²) in [5.74, 6) is 0.0959. The molecule has 3 N–H and O–H groups in total.